The molecule has 0 spiro atoms. The lowest BCUT2D eigenvalue weighted by atomic mass is 10.2. The third-order valence-electron chi connectivity index (χ3n) is 3.35. The van der Waals surface area contributed by atoms with Crippen LogP contribution in [0.3, 0.4) is 0 Å². The first kappa shape index (κ1) is 16.4. The van der Waals surface area contributed by atoms with Crippen molar-refractivity contribution in [3.63, 3.8) is 0 Å². The molecule has 22 heavy (non-hydrogen) atoms. The van der Waals surface area contributed by atoms with Gasteiger partial charge in [0, 0.05) is 30.4 Å². The lowest BCUT2D eigenvalue weighted by Crippen LogP contribution is -2.22. The Morgan fingerprint density at radius 3 is 2.18 bits per heavy atom. The molecule has 1 N–H and O–H groups in total. The van der Waals surface area contributed by atoms with E-state index in [9.17, 15) is 4.79 Å². The third-order valence-corrected chi connectivity index (χ3v) is 4.47. The van der Waals surface area contributed by atoms with Crippen molar-refractivity contribution in [2.45, 2.75) is 24.0 Å². The molecular formula is C18H22N2OS. The first-order chi connectivity index (χ1) is 10.5. The highest BCUT2D eigenvalue weighted by Gasteiger charge is 2.14. The maximum absolute atomic E-state index is 12.3. The molecule has 0 unspecified atom stereocenters. The van der Waals surface area contributed by atoms with Gasteiger partial charge in [-0.25, -0.2) is 0 Å². The van der Waals surface area contributed by atoms with E-state index < -0.39 is 0 Å². The molecule has 2 rings (SSSR count). The van der Waals surface area contributed by atoms with Crippen molar-refractivity contribution in [1.29, 1.82) is 0 Å². The van der Waals surface area contributed by atoms with Gasteiger partial charge in [0.25, 0.3) is 0 Å². The molecule has 116 valence electrons. The summed E-state index contributed by atoms with van der Waals surface area (Å²) in [5, 5.41) is 2.82. The number of thioether (sulfide) groups is 1. The molecule has 0 bridgehead atoms. The first-order valence-corrected chi connectivity index (χ1v) is 8.15. The number of hydrogen-bond acceptors (Lipinski definition) is 3. The molecule has 0 saturated carbocycles. The minimum absolute atomic E-state index is 0.0168. The van der Waals surface area contributed by atoms with Crippen molar-refractivity contribution in [3.05, 3.63) is 54.1 Å². The van der Waals surface area contributed by atoms with Crippen molar-refractivity contribution in [1.82, 2.24) is 0 Å². The Kier molecular flexibility index (Phi) is 5.50. The van der Waals surface area contributed by atoms with Crippen LogP contribution in [-0.2, 0) is 4.79 Å². The minimum Gasteiger partial charge on any atom is -0.378 e. The second-order valence-electron chi connectivity index (χ2n) is 5.50. The largest absolute Gasteiger partial charge is 0.378 e. The number of nitrogens with one attached hydrogen (secondary N) is 1. The topological polar surface area (TPSA) is 32.3 Å². The molecule has 4 heteroatoms. The second-order valence-corrected chi connectivity index (χ2v) is 6.92. The highest BCUT2D eigenvalue weighted by Crippen LogP contribution is 2.24. The average Bonchev–Trinajstić information content (AvgIpc) is 2.50. The molecule has 2 aromatic rings. The van der Waals surface area contributed by atoms with Gasteiger partial charge in [0.2, 0.25) is 5.91 Å². The molecule has 0 heterocycles. The number of anilines is 2. The van der Waals surface area contributed by atoms with Crippen LogP contribution in [0, 0.1) is 6.92 Å². The Labute approximate surface area is 136 Å². The molecule has 2 aromatic carbocycles. The van der Waals surface area contributed by atoms with E-state index in [0.29, 0.717) is 0 Å². The SMILES string of the molecule is Cc1ccc(S[C@@H](C)C(=O)Nc2ccc(N(C)C)cc2)cc1. The number of rotatable bonds is 5. The smallest absolute Gasteiger partial charge is 0.237 e. The predicted molar refractivity (Wildman–Crippen MR) is 95.9 cm³/mol. The molecule has 0 radical (unpaired) electrons. The third kappa shape index (κ3) is 4.53. The number of hydrogen-bond donors (Lipinski definition) is 1. The Bertz CT molecular complexity index is 621. The second kappa shape index (κ2) is 7.36. The highest BCUT2D eigenvalue weighted by molar-refractivity contribution is 8.00. The Balaban J connectivity index is 1.94. The van der Waals surface area contributed by atoms with Crippen molar-refractivity contribution >= 4 is 29.0 Å². The van der Waals surface area contributed by atoms with Gasteiger partial charge in [-0.15, -0.1) is 11.8 Å². The van der Waals surface area contributed by atoms with Gasteiger partial charge in [0.15, 0.2) is 0 Å². The summed E-state index contributed by atoms with van der Waals surface area (Å²) in [6.45, 7) is 3.98. The van der Waals surface area contributed by atoms with E-state index in [1.807, 2.05) is 50.2 Å². The molecule has 3 nitrogen and oxygen atoms in total. The van der Waals surface area contributed by atoms with Crippen molar-refractivity contribution < 1.29 is 4.79 Å². The van der Waals surface area contributed by atoms with Crippen LogP contribution in [0.4, 0.5) is 11.4 Å². The lowest BCUT2D eigenvalue weighted by Gasteiger charge is -2.15. The van der Waals surface area contributed by atoms with Gasteiger partial charge in [-0.3, -0.25) is 4.79 Å². The van der Waals surface area contributed by atoms with E-state index in [2.05, 4.69) is 36.5 Å². The van der Waals surface area contributed by atoms with Gasteiger partial charge in [-0.05, 0) is 50.2 Å². The zero-order valence-electron chi connectivity index (χ0n) is 13.5. The van der Waals surface area contributed by atoms with Crippen LogP contribution in [0.25, 0.3) is 0 Å². The average molecular weight is 314 g/mol. The summed E-state index contributed by atoms with van der Waals surface area (Å²) in [5.74, 6) is 0.0168. The molecule has 0 aliphatic carbocycles. The highest BCUT2D eigenvalue weighted by atomic mass is 32.2. The summed E-state index contributed by atoms with van der Waals surface area (Å²) in [6, 6.07) is 16.1. The number of aryl methyl sites for hydroxylation is 1. The molecule has 0 fully saturated rings. The Morgan fingerprint density at radius 1 is 1.05 bits per heavy atom. The minimum atomic E-state index is -0.142. The van der Waals surface area contributed by atoms with Gasteiger partial charge in [0.1, 0.15) is 0 Å². The van der Waals surface area contributed by atoms with Crippen LogP contribution < -0.4 is 10.2 Å². The van der Waals surface area contributed by atoms with Gasteiger partial charge < -0.3 is 10.2 Å². The van der Waals surface area contributed by atoms with E-state index >= 15 is 0 Å². The van der Waals surface area contributed by atoms with Crippen molar-refractivity contribution in [2.75, 3.05) is 24.3 Å². The zero-order chi connectivity index (χ0) is 16.1. The standard InChI is InChI=1S/C18H22N2OS/c1-13-5-11-17(12-6-13)22-14(2)18(21)19-15-7-9-16(10-8-15)20(3)4/h5-12,14H,1-4H3,(H,19,21)/t14-/m0/s1. The molecule has 0 saturated heterocycles. The molecule has 1 amide bonds. The van der Waals surface area contributed by atoms with E-state index in [0.717, 1.165) is 16.3 Å². The monoisotopic (exact) mass is 314 g/mol. The number of nitrogens with zero attached hydrogens (tertiary/aromatic N) is 1. The van der Waals surface area contributed by atoms with Crippen LogP contribution in [0.2, 0.25) is 0 Å². The summed E-state index contributed by atoms with van der Waals surface area (Å²) in [7, 11) is 3.99. The fourth-order valence-electron chi connectivity index (χ4n) is 1.96. The van der Waals surface area contributed by atoms with Gasteiger partial charge in [-0.2, -0.15) is 0 Å². The van der Waals surface area contributed by atoms with Crippen molar-refractivity contribution in [3.8, 4) is 0 Å². The van der Waals surface area contributed by atoms with Crippen LogP contribution in [-0.4, -0.2) is 25.3 Å². The Hall–Kier alpha value is -1.94. The van der Waals surface area contributed by atoms with Gasteiger partial charge in [0.05, 0.1) is 5.25 Å². The fraction of sp³-hybridized carbons (Fsp3) is 0.278. The predicted octanol–water partition coefficient (Wildman–Crippen LogP) is 4.18. The molecule has 1 atom stereocenters. The normalized spacial score (nSPS) is 11.8. The number of amides is 1. The van der Waals surface area contributed by atoms with E-state index in [1.165, 1.54) is 5.56 Å². The van der Waals surface area contributed by atoms with Crippen molar-refractivity contribution in [2.24, 2.45) is 0 Å². The quantitative estimate of drug-likeness (QED) is 0.840. The zero-order valence-corrected chi connectivity index (χ0v) is 14.3. The summed E-state index contributed by atoms with van der Waals surface area (Å²) in [4.78, 5) is 15.4. The summed E-state index contributed by atoms with van der Waals surface area (Å²) in [6.07, 6.45) is 0. The van der Waals surface area contributed by atoms with E-state index in [4.69, 9.17) is 0 Å². The number of carbonyl (C=O) groups is 1. The molecule has 0 aliphatic rings. The van der Waals surface area contributed by atoms with E-state index in [1.54, 1.807) is 11.8 Å². The number of carbonyl (C=O) groups excluding carboxylic acids is 1. The van der Waals surface area contributed by atoms with Crippen LogP contribution in [0.1, 0.15) is 12.5 Å². The maximum Gasteiger partial charge on any atom is 0.237 e. The fourth-order valence-corrected chi connectivity index (χ4v) is 2.83. The first-order valence-electron chi connectivity index (χ1n) is 7.27. The van der Waals surface area contributed by atoms with Gasteiger partial charge >= 0.3 is 0 Å². The van der Waals surface area contributed by atoms with Gasteiger partial charge in [-0.1, -0.05) is 17.7 Å². The number of benzene rings is 2. The van der Waals surface area contributed by atoms with Crippen LogP contribution in [0.15, 0.2) is 53.4 Å². The van der Waals surface area contributed by atoms with Crippen LogP contribution >= 0.6 is 11.8 Å². The molecular weight excluding hydrogens is 292 g/mol. The molecule has 0 aromatic heterocycles. The Morgan fingerprint density at radius 2 is 1.64 bits per heavy atom. The lowest BCUT2D eigenvalue weighted by molar-refractivity contribution is -0.115. The van der Waals surface area contributed by atoms with Crippen LogP contribution in [0.5, 0.6) is 0 Å². The summed E-state index contributed by atoms with van der Waals surface area (Å²) >= 11 is 1.57. The summed E-state index contributed by atoms with van der Waals surface area (Å²) < 4.78 is 0. The summed E-state index contributed by atoms with van der Waals surface area (Å²) in [5.41, 5.74) is 3.16. The van der Waals surface area contributed by atoms with E-state index in [-0.39, 0.29) is 11.2 Å². The maximum atomic E-state index is 12.3. The molecule has 0 aliphatic heterocycles.